The lowest BCUT2D eigenvalue weighted by Crippen LogP contribution is -2.20. The summed E-state index contributed by atoms with van der Waals surface area (Å²) < 4.78 is 16.2. The summed E-state index contributed by atoms with van der Waals surface area (Å²) in [6.45, 7) is 1.79. The SMILES string of the molecule is COc1cc(O)c2c(c1Cl)C[C@@H](O)/C=C/CC[C@@H]1O[C@@H]1C[C@@H](C)OC2=O. The van der Waals surface area contributed by atoms with E-state index < -0.39 is 12.1 Å². The van der Waals surface area contributed by atoms with Gasteiger partial charge in [-0.1, -0.05) is 23.8 Å². The number of methoxy groups -OCH3 is 1. The quantitative estimate of drug-likeness (QED) is 0.441. The number of phenols is 1. The first kappa shape index (κ1) is 19.0. The van der Waals surface area contributed by atoms with Crippen molar-refractivity contribution in [2.45, 2.75) is 57.0 Å². The monoisotopic (exact) mass is 382 g/mol. The van der Waals surface area contributed by atoms with Crippen LogP contribution < -0.4 is 4.74 Å². The van der Waals surface area contributed by atoms with Crippen LogP contribution in [0.25, 0.3) is 0 Å². The molecule has 0 bridgehead atoms. The number of carbonyl (C=O) groups is 1. The van der Waals surface area contributed by atoms with Crippen molar-refractivity contribution in [2.75, 3.05) is 7.11 Å². The predicted molar refractivity (Wildman–Crippen MR) is 95.9 cm³/mol. The molecule has 0 aliphatic carbocycles. The number of allylic oxidation sites excluding steroid dienone is 1. The number of cyclic esters (lactones) is 1. The van der Waals surface area contributed by atoms with Gasteiger partial charge in [0.2, 0.25) is 0 Å². The average molecular weight is 383 g/mol. The van der Waals surface area contributed by atoms with E-state index in [0.29, 0.717) is 12.0 Å². The highest BCUT2D eigenvalue weighted by Crippen LogP contribution is 2.39. The number of aliphatic hydroxyl groups excluding tert-OH is 1. The Kier molecular flexibility index (Phi) is 5.75. The van der Waals surface area contributed by atoms with Gasteiger partial charge in [-0.15, -0.1) is 0 Å². The number of hydrogen-bond acceptors (Lipinski definition) is 6. The Morgan fingerprint density at radius 3 is 2.85 bits per heavy atom. The number of rotatable bonds is 1. The van der Waals surface area contributed by atoms with Gasteiger partial charge in [-0.05, 0) is 25.3 Å². The first-order chi connectivity index (χ1) is 12.4. The Bertz CT molecular complexity index is 716. The number of hydrogen-bond donors (Lipinski definition) is 2. The number of halogens is 1. The summed E-state index contributed by atoms with van der Waals surface area (Å²) in [7, 11) is 1.42. The molecule has 2 N–H and O–H groups in total. The molecule has 0 unspecified atom stereocenters. The maximum Gasteiger partial charge on any atom is 0.342 e. The lowest BCUT2D eigenvalue weighted by atomic mass is 9.98. The van der Waals surface area contributed by atoms with E-state index in [4.69, 9.17) is 25.8 Å². The third kappa shape index (κ3) is 4.14. The molecule has 1 fully saturated rings. The van der Waals surface area contributed by atoms with Gasteiger partial charge in [0.05, 0.1) is 30.4 Å². The van der Waals surface area contributed by atoms with E-state index in [9.17, 15) is 15.0 Å². The molecular weight excluding hydrogens is 360 g/mol. The number of fused-ring (bicyclic) bond motifs is 2. The topological polar surface area (TPSA) is 88.5 Å². The zero-order valence-electron chi connectivity index (χ0n) is 14.8. The van der Waals surface area contributed by atoms with Crippen molar-refractivity contribution in [1.82, 2.24) is 0 Å². The minimum atomic E-state index is -0.859. The Hall–Kier alpha value is -1.76. The van der Waals surface area contributed by atoms with Crippen molar-refractivity contribution in [3.05, 3.63) is 34.4 Å². The first-order valence-electron chi connectivity index (χ1n) is 8.70. The third-order valence-electron chi connectivity index (χ3n) is 4.68. The summed E-state index contributed by atoms with van der Waals surface area (Å²) in [4.78, 5) is 12.7. The lowest BCUT2D eigenvalue weighted by Gasteiger charge is -2.19. The smallest absolute Gasteiger partial charge is 0.342 e. The molecule has 7 heteroatoms. The molecule has 6 nitrogen and oxygen atoms in total. The van der Waals surface area contributed by atoms with E-state index >= 15 is 0 Å². The molecule has 2 aliphatic rings. The van der Waals surface area contributed by atoms with Crippen molar-refractivity contribution in [1.29, 1.82) is 0 Å². The summed E-state index contributed by atoms with van der Waals surface area (Å²) in [5.41, 5.74) is 0.260. The Labute approximate surface area is 157 Å². The highest BCUT2D eigenvalue weighted by atomic mass is 35.5. The van der Waals surface area contributed by atoms with Gasteiger partial charge in [-0.3, -0.25) is 0 Å². The van der Waals surface area contributed by atoms with Gasteiger partial charge in [0.1, 0.15) is 23.2 Å². The highest BCUT2D eigenvalue weighted by molar-refractivity contribution is 6.33. The minimum absolute atomic E-state index is 0.0413. The number of ether oxygens (including phenoxy) is 3. The number of carbonyl (C=O) groups excluding carboxylic acids is 1. The third-order valence-corrected chi connectivity index (χ3v) is 5.09. The number of epoxide rings is 1. The summed E-state index contributed by atoms with van der Waals surface area (Å²) in [6, 6.07) is 1.28. The van der Waals surface area contributed by atoms with E-state index in [-0.39, 0.29) is 46.8 Å². The molecule has 2 heterocycles. The van der Waals surface area contributed by atoms with Gasteiger partial charge in [-0.2, -0.15) is 0 Å². The van der Waals surface area contributed by atoms with Crippen LogP contribution in [0.4, 0.5) is 0 Å². The fourth-order valence-corrected chi connectivity index (χ4v) is 3.59. The molecular formula is C19H23ClO6. The predicted octanol–water partition coefficient (Wildman–Crippen LogP) is 3.01. The number of benzene rings is 1. The Morgan fingerprint density at radius 2 is 2.12 bits per heavy atom. The number of esters is 1. The second-order valence-electron chi connectivity index (χ2n) is 6.71. The maximum absolute atomic E-state index is 12.7. The molecule has 1 aromatic rings. The van der Waals surface area contributed by atoms with Gasteiger partial charge < -0.3 is 24.4 Å². The van der Waals surface area contributed by atoms with Crippen LogP contribution in [-0.4, -0.2) is 47.7 Å². The largest absolute Gasteiger partial charge is 0.507 e. The van der Waals surface area contributed by atoms with Gasteiger partial charge in [0.15, 0.2) is 0 Å². The molecule has 26 heavy (non-hydrogen) atoms. The van der Waals surface area contributed by atoms with Gasteiger partial charge in [0.25, 0.3) is 0 Å². The average Bonchev–Trinajstić information content (AvgIpc) is 3.31. The van der Waals surface area contributed by atoms with Crippen LogP contribution in [-0.2, 0) is 15.9 Å². The number of phenolic OH excluding ortho intramolecular Hbond substituents is 1. The van der Waals surface area contributed by atoms with Crippen molar-refractivity contribution in [3.8, 4) is 11.5 Å². The molecule has 0 saturated carbocycles. The summed E-state index contributed by atoms with van der Waals surface area (Å²) in [6.07, 6.45) is 4.88. The van der Waals surface area contributed by atoms with Crippen LogP contribution in [0.15, 0.2) is 18.2 Å². The zero-order chi connectivity index (χ0) is 18.8. The normalized spacial score (nSPS) is 30.4. The highest BCUT2D eigenvalue weighted by Gasteiger charge is 2.39. The molecule has 2 aliphatic heterocycles. The molecule has 1 aromatic carbocycles. The van der Waals surface area contributed by atoms with Crippen LogP contribution >= 0.6 is 11.6 Å². The van der Waals surface area contributed by atoms with Crippen molar-refractivity contribution >= 4 is 17.6 Å². The first-order valence-corrected chi connectivity index (χ1v) is 9.08. The molecule has 1 saturated heterocycles. The van der Waals surface area contributed by atoms with E-state index in [1.165, 1.54) is 13.2 Å². The summed E-state index contributed by atoms with van der Waals surface area (Å²) >= 11 is 6.35. The van der Waals surface area contributed by atoms with E-state index in [1.54, 1.807) is 13.0 Å². The van der Waals surface area contributed by atoms with Crippen LogP contribution in [0.1, 0.15) is 42.1 Å². The Morgan fingerprint density at radius 1 is 1.35 bits per heavy atom. The second-order valence-corrected chi connectivity index (χ2v) is 7.09. The molecule has 3 rings (SSSR count). The van der Waals surface area contributed by atoms with E-state index in [1.807, 2.05) is 6.08 Å². The van der Waals surface area contributed by atoms with Crippen molar-refractivity contribution < 1.29 is 29.2 Å². The lowest BCUT2D eigenvalue weighted by molar-refractivity contribution is 0.0305. The number of aliphatic hydroxyl groups is 1. The molecule has 0 aromatic heterocycles. The van der Waals surface area contributed by atoms with Crippen molar-refractivity contribution in [2.24, 2.45) is 0 Å². The van der Waals surface area contributed by atoms with E-state index in [0.717, 1.165) is 12.8 Å². The number of aromatic hydroxyl groups is 1. The molecule has 142 valence electrons. The minimum Gasteiger partial charge on any atom is -0.507 e. The fourth-order valence-electron chi connectivity index (χ4n) is 3.29. The second kappa shape index (κ2) is 7.86. The van der Waals surface area contributed by atoms with Gasteiger partial charge in [0, 0.05) is 18.9 Å². The maximum atomic E-state index is 12.7. The van der Waals surface area contributed by atoms with Crippen LogP contribution in [0.2, 0.25) is 5.02 Å². The molecule has 0 radical (unpaired) electrons. The molecule has 0 spiro atoms. The standard InChI is InChI=1S/C19H23ClO6/c1-10-7-15-14(26-15)6-4-3-5-11(21)8-12-17(19(23)25-10)13(22)9-16(24-2)18(12)20/h3,5,9-11,14-15,21-22H,4,6-8H2,1-2H3/b5-3+/t10-,11+,14+,15-/m1/s1. The zero-order valence-corrected chi connectivity index (χ0v) is 15.5. The van der Waals surface area contributed by atoms with E-state index in [2.05, 4.69) is 0 Å². The fraction of sp³-hybridized carbons (Fsp3) is 0.526. The summed E-state index contributed by atoms with van der Waals surface area (Å²) in [5, 5.41) is 20.8. The van der Waals surface area contributed by atoms with Crippen LogP contribution in [0.3, 0.4) is 0 Å². The Balaban J connectivity index is 1.98. The summed E-state index contributed by atoms with van der Waals surface area (Å²) in [5.74, 6) is -0.738. The molecule has 0 amide bonds. The van der Waals surface area contributed by atoms with Gasteiger partial charge in [-0.25, -0.2) is 4.79 Å². The van der Waals surface area contributed by atoms with Crippen molar-refractivity contribution in [3.63, 3.8) is 0 Å². The van der Waals surface area contributed by atoms with Crippen LogP contribution in [0, 0.1) is 0 Å². The van der Waals surface area contributed by atoms with Gasteiger partial charge >= 0.3 is 5.97 Å². The molecule has 4 atom stereocenters. The van der Waals surface area contributed by atoms with Crippen LogP contribution in [0.5, 0.6) is 11.5 Å².